The maximum Gasteiger partial charge on any atom is 0.262 e. The molecule has 0 heterocycles. The minimum absolute atomic E-state index is 0.125. The lowest BCUT2D eigenvalue weighted by Gasteiger charge is -2.10. The molecule has 0 bridgehead atoms. The second-order valence-corrected chi connectivity index (χ2v) is 5.15. The topological polar surface area (TPSA) is 84.5 Å². The highest BCUT2D eigenvalue weighted by atomic mass is 16.5. The Bertz CT molecular complexity index is 754. The molecule has 0 aliphatic carbocycles. The molecule has 2 amide bonds. The van der Waals surface area contributed by atoms with Crippen molar-refractivity contribution >= 4 is 29.0 Å². The lowest BCUT2D eigenvalue weighted by molar-refractivity contribution is -0.118. The first kappa shape index (κ1) is 17.2. The first-order valence-corrected chi connectivity index (χ1v) is 7.36. The van der Waals surface area contributed by atoms with Gasteiger partial charge in [-0.3, -0.25) is 14.4 Å². The van der Waals surface area contributed by atoms with Crippen molar-refractivity contribution in [3.8, 4) is 5.75 Å². The van der Waals surface area contributed by atoms with E-state index in [1.165, 1.54) is 13.8 Å². The van der Waals surface area contributed by atoms with Crippen LogP contribution >= 0.6 is 0 Å². The molecule has 0 radical (unpaired) electrons. The van der Waals surface area contributed by atoms with Gasteiger partial charge in [-0.05, 0) is 43.3 Å². The van der Waals surface area contributed by atoms with Crippen LogP contribution in [0.3, 0.4) is 0 Å². The number of anilines is 2. The fraction of sp³-hybridized carbons (Fsp3) is 0.167. The van der Waals surface area contributed by atoms with Crippen molar-refractivity contribution in [2.75, 3.05) is 17.2 Å². The molecule has 0 unspecified atom stereocenters. The number of hydrogen-bond acceptors (Lipinski definition) is 4. The largest absolute Gasteiger partial charge is 0.483 e. The van der Waals surface area contributed by atoms with Gasteiger partial charge >= 0.3 is 0 Å². The number of ether oxygens (including phenoxy) is 1. The van der Waals surface area contributed by atoms with Gasteiger partial charge in [0.1, 0.15) is 5.75 Å². The second kappa shape index (κ2) is 7.92. The number of carbonyl (C=O) groups excluding carboxylic acids is 3. The van der Waals surface area contributed by atoms with Crippen molar-refractivity contribution in [2.24, 2.45) is 0 Å². The van der Waals surface area contributed by atoms with Gasteiger partial charge in [0, 0.05) is 18.3 Å². The van der Waals surface area contributed by atoms with Crippen LogP contribution in [0.4, 0.5) is 11.4 Å². The molecule has 2 aromatic rings. The Hall–Kier alpha value is -3.15. The zero-order chi connectivity index (χ0) is 17.5. The minimum Gasteiger partial charge on any atom is -0.483 e. The number of nitrogens with one attached hydrogen (secondary N) is 2. The second-order valence-electron chi connectivity index (χ2n) is 5.15. The van der Waals surface area contributed by atoms with Crippen LogP contribution in [-0.4, -0.2) is 24.2 Å². The molecule has 24 heavy (non-hydrogen) atoms. The fourth-order valence-corrected chi connectivity index (χ4v) is 2.06. The van der Waals surface area contributed by atoms with Crippen molar-refractivity contribution in [1.82, 2.24) is 0 Å². The van der Waals surface area contributed by atoms with Gasteiger partial charge in [0.05, 0.1) is 5.56 Å². The Balaban J connectivity index is 1.92. The summed E-state index contributed by atoms with van der Waals surface area (Å²) >= 11 is 0. The Morgan fingerprint density at radius 2 is 1.46 bits per heavy atom. The summed E-state index contributed by atoms with van der Waals surface area (Å²) < 4.78 is 5.42. The molecule has 0 fully saturated rings. The fourth-order valence-electron chi connectivity index (χ4n) is 2.06. The number of carbonyl (C=O) groups is 3. The van der Waals surface area contributed by atoms with Crippen molar-refractivity contribution in [1.29, 1.82) is 0 Å². The van der Waals surface area contributed by atoms with E-state index in [2.05, 4.69) is 10.6 Å². The summed E-state index contributed by atoms with van der Waals surface area (Å²) in [6.07, 6.45) is 0. The van der Waals surface area contributed by atoms with Crippen molar-refractivity contribution in [2.45, 2.75) is 13.8 Å². The van der Waals surface area contributed by atoms with Crippen molar-refractivity contribution < 1.29 is 19.1 Å². The van der Waals surface area contributed by atoms with Crippen LogP contribution in [0.1, 0.15) is 24.2 Å². The molecule has 0 aliphatic heterocycles. The van der Waals surface area contributed by atoms with Gasteiger partial charge in [-0.2, -0.15) is 0 Å². The number of para-hydroxylation sites is 1. The molecule has 2 rings (SSSR count). The number of Topliss-reactive ketones (excluding diaryl/α,β-unsaturated/α-hetero) is 1. The third kappa shape index (κ3) is 4.95. The first-order chi connectivity index (χ1) is 11.5. The summed E-state index contributed by atoms with van der Waals surface area (Å²) in [4.78, 5) is 34.4. The highest BCUT2D eigenvalue weighted by Crippen LogP contribution is 2.18. The molecular formula is C18H18N2O4. The van der Waals surface area contributed by atoms with E-state index in [0.717, 1.165) is 0 Å². The highest BCUT2D eigenvalue weighted by Gasteiger charge is 2.10. The normalized spacial score (nSPS) is 9.92. The number of amides is 2. The van der Waals surface area contributed by atoms with Gasteiger partial charge < -0.3 is 15.4 Å². The Kier molecular flexibility index (Phi) is 5.68. The molecule has 0 aliphatic rings. The van der Waals surface area contributed by atoms with Crippen LogP contribution in [0.2, 0.25) is 0 Å². The van der Waals surface area contributed by atoms with Gasteiger partial charge in [0.15, 0.2) is 12.4 Å². The van der Waals surface area contributed by atoms with E-state index in [-0.39, 0.29) is 24.2 Å². The van der Waals surface area contributed by atoms with Gasteiger partial charge in [0.2, 0.25) is 5.91 Å². The first-order valence-electron chi connectivity index (χ1n) is 7.36. The zero-order valence-electron chi connectivity index (χ0n) is 13.5. The van der Waals surface area contributed by atoms with E-state index in [9.17, 15) is 14.4 Å². The molecule has 124 valence electrons. The average molecular weight is 326 g/mol. The van der Waals surface area contributed by atoms with Crippen LogP contribution in [-0.2, 0) is 9.59 Å². The Morgan fingerprint density at radius 1 is 0.875 bits per heavy atom. The SMILES string of the molecule is CC(=O)Nc1ccc(NC(=O)COc2ccccc2C(C)=O)cc1. The molecule has 0 atom stereocenters. The Labute approximate surface area is 139 Å². The summed E-state index contributed by atoms with van der Waals surface area (Å²) in [7, 11) is 0. The summed E-state index contributed by atoms with van der Waals surface area (Å²) in [6, 6.07) is 13.5. The highest BCUT2D eigenvalue weighted by molar-refractivity contribution is 5.97. The van der Waals surface area contributed by atoms with Crippen LogP contribution in [0, 0.1) is 0 Å². The number of rotatable bonds is 6. The van der Waals surface area contributed by atoms with E-state index < -0.39 is 0 Å². The van der Waals surface area contributed by atoms with Gasteiger partial charge in [0.25, 0.3) is 5.91 Å². The average Bonchev–Trinajstić information content (AvgIpc) is 2.54. The predicted molar refractivity (Wildman–Crippen MR) is 91.3 cm³/mol. The molecule has 2 aromatic carbocycles. The number of hydrogen-bond donors (Lipinski definition) is 2. The molecule has 0 aromatic heterocycles. The van der Waals surface area contributed by atoms with Crippen LogP contribution in [0.5, 0.6) is 5.75 Å². The van der Waals surface area contributed by atoms with Crippen LogP contribution < -0.4 is 15.4 Å². The zero-order valence-corrected chi connectivity index (χ0v) is 13.5. The standard InChI is InChI=1S/C18H18N2O4/c1-12(21)16-5-3-4-6-17(16)24-11-18(23)20-15-9-7-14(8-10-15)19-13(2)22/h3-10H,11H2,1-2H3,(H,19,22)(H,20,23). The van der Waals surface area contributed by atoms with Gasteiger partial charge in [-0.25, -0.2) is 0 Å². The maximum atomic E-state index is 11.9. The third-order valence-corrected chi connectivity index (χ3v) is 3.11. The minimum atomic E-state index is -0.347. The quantitative estimate of drug-likeness (QED) is 0.799. The molecular weight excluding hydrogens is 308 g/mol. The summed E-state index contributed by atoms with van der Waals surface area (Å²) in [5.41, 5.74) is 1.66. The molecule has 6 nitrogen and oxygen atoms in total. The van der Waals surface area contributed by atoms with Crippen molar-refractivity contribution in [3.05, 3.63) is 54.1 Å². The lowest BCUT2D eigenvalue weighted by Crippen LogP contribution is -2.20. The van der Waals surface area contributed by atoms with Gasteiger partial charge in [-0.15, -0.1) is 0 Å². The van der Waals surface area contributed by atoms with E-state index >= 15 is 0 Å². The molecule has 0 saturated carbocycles. The van der Waals surface area contributed by atoms with Crippen LogP contribution in [0.15, 0.2) is 48.5 Å². The molecule has 2 N–H and O–H groups in total. The number of ketones is 1. The Morgan fingerprint density at radius 3 is 2.04 bits per heavy atom. The molecule has 6 heteroatoms. The van der Waals surface area contributed by atoms with Crippen molar-refractivity contribution in [3.63, 3.8) is 0 Å². The van der Waals surface area contributed by atoms with Crippen LogP contribution in [0.25, 0.3) is 0 Å². The molecule has 0 saturated heterocycles. The predicted octanol–water partition coefficient (Wildman–Crippen LogP) is 2.87. The lowest BCUT2D eigenvalue weighted by atomic mass is 10.1. The summed E-state index contributed by atoms with van der Waals surface area (Å²) in [6.45, 7) is 2.66. The summed E-state index contributed by atoms with van der Waals surface area (Å²) in [5.74, 6) is -0.259. The smallest absolute Gasteiger partial charge is 0.262 e. The third-order valence-electron chi connectivity index (χ3n) is 3.11. The summed E-state index contributed by atoms with van der Waals surface area (Å²) in [5, 5.41) is 5.32. The maximum absolute atomic E-state index is 11.9. The van der Waals surface area contributed by atoms with Gasteiger partial charge in [-0.1, -0.05) is 12.1 Å². The van der Waals surface area contributed by atoms with E-state index in [1.54, 1.807) is 48.5 Å². The van der Waals surface area contributed by atoms with E-state index in [0.29, 0.717) is 22.7 Å². The monoisotopic (exact) mass is 326 g/mol. The molecule has 0 spiro atoms. The van der Waals surface area contributed by atoms with E-state index in [1.807, 2.05) is 0 Å². The number of benzene rings is 2. The van der Waals surface area contributed by atoms with E-state index in [4.69, 9.17) is 4.74 Å².